The molecule has 7 heteroatoms. The van der Waals surface area contributed by atoms with Crippen LogP contribution in [0.4, 0.5) is 5.82 Å². The van der Waals surface area contributed by atoms with Gasteiger partial charge in [0.25, 0.3) is 5.91 Å². The summed E-state index contributed by atoms with van der Waals surface area (Å²) in [6.45, 7) is 5.78. The van der Waals surface area contributed by atoms with Gasteiger partial charge in [-0.1, -0.05) is 0 Å². The van der Waals surface area contributed by atoms with Gasteiger partial charge in [0.05, 0.1) is 5.69 Å². The number of hydrogen-bond acceptors (Lipinski definition) is 5. The van der Waals surface area contributed by atoms with E-state index in [0.29, 0.717) is 5.69 Å². The maximum atomic E-state index is 11.8. The van der Waals surface area contributed by atoms with Gasteiger partial charge in [-0.2, -0.15) is 5.10 Å². The molecule has 2 aromatic rings. The highest BCUT2D eigenvalue weighted by Crippen LogP contribution is 2.10. The van der Waals surface area contributed by atoms with Gasteiger partial charge in [0.2, 0.25) is 0 Å². The van der Waals surface area contributed by atoms with Crippen LogP contribution in [0.25, 0.3) is 0 Å². The molecular weight excluding hydrogens is 292 g/mol. The molecule has 2 rings (SSSR count). The minimum Gasteiger partial charge on any atom is -0.358 e. The van der Waals surface area contributed by atoms with Crippen LogP contribution in [0.15, 0.2) is 18.2 Å². The molecule has 0 aliphatic rings. The Labute approximate surface area is 136 Å². The predicted octanol–water partition coefficient (Wildman–Crippen LogP) is 1.52. The highest BCUT2D eigenvalue weighted by Gasteiger charge is 2.11. The average Bonchev–Trinajstić information content (AvgIpc) is 2.84. The molecule has 0 spiro atoms. The number of aryl methyl sites for hydroxylation is 3. The van der Waals surface area contributed by atoms with Crippen molar-refractivity contribution >= 4 is 11.7 Å². The van der Waals surface area contributed by atoms with Crippen molar-refractivity contribution in [3.8, 4) is 0 Å². The Morgan fingerprint density at radius 3 is 2.43 bits per heavy atom. The van der Waals surface area contributed by atoms with E-state index < -0.39 is 0 Å². The van der Waals surface area contributed by atoms with Crippen molar-refractivity contribution in [1.82, 2.24) is 24.9 Å². The minimum atomic E-state index is -0.142. The van der Waals surface area contributed by atoms with Crippen LogP contribution in [-0.4, -0.2) is 58.5 Å². The Kier molecular flexibility index (Phi) is 5.31. The summed E-state index contributed by atoms with van der Waals surface area (Å²) in [6.07, 6.45) is 0.957. The number of anilines is 1. The van der Waals surface area contributed by atoms with E-state index in [0.717, 1.165) is 31.0 Å². The molecule has 0 saturated carbocycles. The van der Waals surface area contributed by atoms with E-state index in [1.165, 1.54) is 10.6 Å². The van der Waals surface area contributed by atoms with Crippen molar-refractivity contribution in [2.75, 3.05) is 32.6 Å². The summed E-state index contributed by atoms with van der Waals surface area (Å²) >= 11 is 0. The minimum absolute atomic E-state index is 0.142. The molecule has 0 N–H and O–H groups in total. The van der Waals surface area contributed by atoms with Crippen LogP contribution in [0.5, 0.6) is 0 Å². The molecule has 2 aromatic heterocycles. The molecule has 0 fully saturated rings. The van der Waals surface area contributed by atoms with Gasteiger partial charge in [0, 0.05) is 39.9 Å². The van der Waals surface area contributed by atoms with E-state index in [9.17, 15) is 4.79 Å². The fourth-order valence-corrected chi connectivity index (χ4v) is 2.35. The second-order valence-electron chi connectivity index (χ2n) is 5.90. The molecule has 0 radical (unpaired) electrons. The number of aromatic nitrogens is 4. The molecule has 0 aliphatic carbocycles. The smallest absolute Gasteiger partial charge is 0.273 e. The molecule has 2 heterocycles. The highest BCUT2D eigenvalue weighted by molar-refractivity contribution is 5.91. The topological polar surface area (TPSA) is 67.2 Å². The van der Waals surface area contributed by atoms with Gasteiger partial charge in [-0.3, -0.25) is 9.48 Å². The van der Waals surface area contributed by atoms with Crippen molar-refractivity contribution in [3.63, 3.8) is 0 Å². The summed E-state index contributed by atoms with van der Waals surface area (Å²) in [7, 11) is 5.37. The maximum absolute atomic E-state index is 11.8. The zero-order chi connectivity index (χ0) is 17.0. The number of rotatable bonds is 6. The van der Waals surface area contributed by atoms with Crippen molar-refractivity contribution in [3.05, 3.63) is 35.3 Å². The maximum Gasteiger partial charge on any atom is 0.273 e. The molecule has 23 heavy (non-hydrogen) atoms. The van der Waals surface area contributed by atoms with Gasteiger partial charge < -0.3 is 9.80 Å². The van der Waals surface area contributed by atoms with E-state index in [1.807, 2.05) is 29.6 Å². The lowest BCUT2D eigenvalue weighted by atomic mass is 10.3. The van der Waals surface area contributed by atoms with Crippen LogP contribution in [0, 0.1) is 13.8 Å². The lowest BCUT2D eigenvalue weighted by Gasteiger charge is -2.18. The number of amides is 1. The number of hydrogen-bond donors (Lipinski definition) is 0. The summed E-state index contributed by atoms with van der Waals surface area (Å²) in [5, 5.41) is 12.6. The third-order valence-electron chi connectivity index (χ3n) is 3.63. The predicted molar refractivity (Wildman–Crippen MR) is 89.6 cm³/mol. The van der Waals surface area contributed by atoms with Crippen LogP contribution < -0.4 is 4.90 Å². The standard InChI is InChI=1S/C16H24N6O/c1-12-11-13(2)22(19-12)10-6-9-21(5)15-8-7-14(17-18-15)16(23)20(3)4/h7-8,11H,6,9-10H2,1-5H3. The van der Waals surface area contributed by atoms with Crippen molar-refractivity contribution in [1.29, 1.82) is 0 Å². The Morgan fingerprint density at radius 2 is 1.91 bits per heavy atom. The molecule has 1 amide bonds. The summed E-state index contributed by atoms with van der Waals surface area (Å²) in [4.78, 5) is 15.3. The van der Waals surface area contributed by atoms with Crippen molar-refractivity contribution in [2.24, 2.45) is 0 Å². The molecular formula is C16H24N6O. The molecule has 0 saturated heterocycles. The van der Waals surface area contributed by atoms with Crippen LogP contribution in [0.1, 0.15) is 28.3 Å². The number of carbonyl (C=O) groups excluding carboxylic acids is 1. The van der Waals surface area contributed by atoms with E-state index in [1.54, 1.807) is 20.2 Å². The third kappa shape index (κ3) is 4.28. The van der Waals surface area contributed by atoms with E-state index in [-0.39, 0.29) is 5.91 Å². The molecule has 0 aromatic carbocycles. The first-order valence-corrected chi connectivity index (χ1v) is 7.66. The quantitative estimate of drug-likeness (QED) is 0.808. The fraction of sp³-hybridized carbons (Fsp3) is 0.500. The van der Waals surface area contributed by atoms with Crippen LogP contribution in [0.2, 0.25) is 0 Å². The number of nitrogens with zero attached hydrogens (tertiary/aromatic N) is 6. The third-order valence-corrected chi connectivity index (χ3v) is 3.63. The molecule has 0 unspecified atom stereocenters. The Bertz CT molecular complexity index is 662. The number of carbonyl (C=O) groups is 1. The lowest BCUT2D eigenvalue weighted by Crippen LogP contribution is -2.25. The first-order chi connectivity index (χ1) is 10.9. The van der Waals surface area contributed by atoms with Crippen molar-refractivity contribution in [2.45, 2.75) is 26.8 Å². The normalized spacial score (nSPS) is 10.7. The summed E-state index contributed by atoms with van der Waals surface area (Å²) in [6, 6.07) is 5.62. The molecule has 124 valence electrons. The van der Waals surface area contributed by atoms with Gasteiger partial charge in [0.15, 0.2) is 11.5 Å². The second-order valence-corrected chi connectivity index (χ2v) is 5.90. The van der Waals surface area contributed by atoms with Gasteiger partial charge >= 0.3 is 0 Å². The van der Waals surface area contributed by atoms with Crippen LogP contribution in [0.3, 0.4) is 0 Å². The van der Waals surface area contributed by atoms with Crippen LogP contribution >= 0.6 is 0 Å². The SMILES string of the molecule is Cc1cc(C)n(CCCN(C)c2ccc(C(=O)N(C)C)nn2)n1. The first kappa shape index (κ1) is 16.9. The molecule has 0 atom stereocenters. The summed E-state index contributed by atoms with van der Waals surface area (Å²) in [5.74, 6) is 0.616. The monoisotopic (exact) mass is 316 g/mol. The van der Waals surface area contributed by atoms with Crippen LogP contribution in [-0.2, 0) is 6.54 Å². The summed E-state index contributed by atoms with van der Waals surface area (Å²) in [5.41, 5.74) is 2.58. The van der Waals surface area contributed by atoms with E-state index in [2.05, 4.69) is 28.3 Å². The molecule has 0 aliphatic heterocycles. The van der Waals surface area contributed by atoms with Gasteiger partial charge in [-0.05, 0) is 38.5 Å². The second kappa shape index (κ2) is 7.21. The van der Waals surface area contributed by atoms with Gasteiger partial charge in [-0.15, -0.1) is 10.2 Å². The van der Waals surface area contributed by atoms with Gasteiger partial charge in [0.1, 0.15) is 0 Å². The van der Waals surface area contributed by atoms with Gasteiger partial charge in [-0.25, -0.2) is 0 Å². The molecule has 7 nitrogen and oxygen atoms in total. The van der Waals surface area contributed by atoms with E-state index in [4.69, 9.17) is 0 Å². The zero-order valence-electron chi connectivity index (χ0n) is 14.4. The summed E-state index contributed by atoms with van der Waals surface area (Å²) < 4.78 is 2.02. The largest absolute Gasteiger partial charge is 0.358 e. The fourth-order valence-electron chi connectivity index (χ4n) is 2.35. The highest BCUT2D eigenvalue weighted by atomic mass is 16.2. The zero-order valence-corrected chi connectivity index (χ0v) is 14.4. The molecule has 0 bridgehead atoms. The first-order valence-electron chi connectivity index (χ1n) is 7.66. The average molecular weight is 316 g/mol. The lowest BCUT2D eigenvalue weighted by molar-refractivity contribution is 0.0821. The van der Waals surface area contributed by atoms with Crippen molar-refractivity contribution < 1.29 is 4.79 Å². The Hall–Kier alpha value is -2.44. The van der Waals surface area contributed by atoms with E-state index >= 15 is 0 Å². The Morgan fingerprint density at radius 1 is 1.17 bits per heavy atom. The Balaban J connectivity index is 1.89.